The summed E-state index contributed by atoms with van der Waals surface area (Å²) >= 11 is 0. The lowest BCUT2D eigenvalue weighted by molar-refractivity contribution is 0.315. The summed E-state index contributed by atoms with van der Waals surface area (Å²) in [5.74, 6) is 2.43. The Bertz CT molecular complexity index is 526. The van der Waals surface area contributed by atoms with Crippen molar-refractivity contribution in [3.63, 3.8) is 0 Å². The summed E-state index contributed by atoms with van der Waals surface area (Å²) in [6.45, 7) is 8.25. The van der Waals surface area contributed by atoms with Crippen LogP contribution in [0.25, 0.3) is 0 Å². The molecule has 130 valence electrons. The van der Waals surface area contributed by atoms with Gasteiger partial charge in [-0.15, -0.1) is 34.2 Å². The van der Waals surface area contributed by atoms with Crippen LogP contribution >= 0.6 is 24.0 Å². The molecule has 1 aromatic rings. The van der Waals surface area contributed by atoms with E-state index >= 15 is 0 Å². The van der Waals surface area contributed by atoms with E-state index in [0.29, 0.717) is 18.5 Å². The van der Waals surface area contributed by atoms with Crippen LogP contribution in [0.3, 0.4) is 0 Å². The molecule has 2 atom stereocenters. The van der Waals surface area contributed by atoms with Crippen LogP contribution in [0, 0.1) is 5.92 Å². The smallest absolute Gasteiger partial charge is 0.191 e. The molecule has 8 heteroatoms. The van der Waals surface area contributed by atoms with Gasteiger partial charge >= 0.3 is 0 Å². The van der Waals surface area contributed by atoms with Crippen LogP contribution in [0.15, 0.2) is 11.3 Å². The minimum absolute atomic E-state index is 0. The standard InChI is InChI=1S/C15H27N7.HI/c1-4-21-10-18-20-14(21)7-17-15(16-3)19-13-9-22(8-11(13)2)12-5-6-12;/h10-13H,4-9H2,1-3H3,(H2,16,17,19);1H. The van der Waals surface area contributed by atoms with Crippen molar-refractivity contribution < 1.29 is 0 Å². The third kappa shape index (κ3) is 4.56. The van der Waals surface area contributed by atoms with E-state index in [1.807, 2.05) is 11.6 Å². The van der Waals surface area contributed by atoms with Gasteiger partial charge in [-0.1, -0.05) is 6.92 Å². The van der Waals surface area contributed by atoms with Gasteiger partial charge in [-0.05, 0) is 25.7 Å². The highest BCUT2D eigenvalue weighted by Crippen LogP contribution is 2.31. The Kier molecular flexibility index (Phi) is 6.63. The summed E-state index contributed by atoms with van der Waals surface area (Å²) in [4.78, 5) is 6.96. The average Bonchev–Trinajstić information content (AvgIpc) is 3.17. The Morgan fingerprint density at radius 2 is 2.17 bits per heavy atom. The van der Waals surface area contributed by atoms with Crippen LogP contribution in [0.5, 0.6) is 0 Å². The minimum Gasteiger partial charge on any atom is -0.352 e. The normalized spacial score (nSPS) is 25.3. The number of aromatic nitrogens is 3. The van der Waals surface area contributed by atoms with Gasteiger partial charge in [0.15, 0.2) is 11.8 Å². The Labute approximate surface area is 155 Å². The first-order chi connectivity index (χ1) is 10.7. The van der Waals surface area contributed by atoms with E-state index in [1.54, 1.807) is 6.33 Å². The first-order valence-electron chi connectivity index (χ1n) is 8.29. The Balaban J connectivity index is 0.00000192. The van der Waals surface area contributed by atoms with Crippen LogP contribution < -0.4 is 10.6 Å². The molecular weight excluding hydrogens is 405 g/mol. The first-order valence-corrected chi connectivity index (χ1v) is 8.29. The van der Waals surface area contributed by atoms with Gasteiger partial charge in [-0.3, -0.25) is 9.89 Å². The monoisotopic (exact) mass is 433 g/mol. The van der Waals surface area contributed by atoms with Gasteiger partial charge in [0.2, 0.25) is 0 Å². The number of guanidine groups is 1. The summed E-state index contributed by atoms with van der Waals surface area (Å²) in [6.07, 6.45) is 4.51. The zero-order valence-electron chi connectivity index (χ0n) is 14.2. The molecule has 0 amide bonds. The lowest BCUT2D eigenvalue weighted by atomic mass is 10.1. The van der Waals surface area contributed by atoms with Crippen molar-refractivity contribution >= 4 is 29.9 Å². The molecule has 23 heavy (non-hydrogen) atoms. The number of rotatable bonds is 5. The van der Waals surface area contributed by atoms with E-state index < -0.39 is 0 Å². The Morgan fingerprint density at radius 1 is 1.39 bits per heavy atom. The van der Waals surface area contributed by atoms with E-state index in [4.69, 9.17) is 0 Å². The van der Waals surface area contributed by atoms with E-state index in [9.17, 15) is 0 Å². The molecule has 1 aromatic heterocycles. The zero-order valence-corrected chi connectivity index (χ0v) is 16.5. The highest BCUT2D eigenvalue weighted by atomic mass is 127. The second-order valence-corrected chi connectivity index (χ2v) is 6.37. The number of aliphatic imine (C=N–C) groups is 1. The first kappa shape index (κ1) is 18.4. The molecule has 2 aliphatic rings. The number of halogens is 1. The van der Waals surface area contributed by atoms with Gasteiger partial charge < -0.3 is 15.2 Å². The van der Waals surface area contributed by atoms with Crippen LogP contribution in [-0.4, -0.2) is 57.8 Å². The zero-order chi connectivity index (χ0) is 15.5. The fourth-order valence-corrected chi connectivity index (χ4v) is 3.14. The maximum absolute atomic E-state index is 4.34. The summed E-state index contributed by atoms with van der Waals surface area (Å²) in [5, 5.41) is 15.0. The summed E-state index contributed by atoms with van der Waals surface area (Å²) < 4.78 is 2.04. The molecule has 0 radical (unpaired) electrons. The summed E-state index contributed by atoms with van der Waals surface area (Å²) in [5.41, 5.74) is 0. The average molecular weight is 433 g/mol. The Morgan fingerprint density at radius 3 is 2.83 bits per heavy atom. The van der Waals surface area contributed by atoms with E-state index in [1.165, 1.54) is 19.4 Å². The van der Waals surface area contributed by atoms with Gasteiger partial charge in [0.1, 0.15) is 6.33 Å². The molecule has 2 fully saturated rings. The van der Waals surface area contributed by atoms with Crippen LogP contribution in [-0.2, 0) is 13.1 Å². The third-order valence-corrected chi connectivity index (χ3v) is 4.70. The molecular formula is C15H28IN7. The molecule has 1 aliphatic carbocycles. The van der Waals surface area contributed by atoms with Crippen molar-refractivity contribution in [2.75, 3.05) is 20.1 Å². The van der Waals surface area contributed by atoms with Crippen LogP contribution in [0.1, 0.15) is 32.5 Å². The number of aryl methyl sites for hydroxylation is 1. The number of nitrogens with zero attached hydrogens (tertiary/aromatic N) is 5. The van der Waals surface area contributed by atoms with Crippen LogP contribution in [0.2, 0.25) is 0 Å². The number of likely N-dealkylation sites (tertiary alicyclic amines) is 1. The SMILES string of the molecule is CCn1cnnc1CNC(=NC)NC1CN(C2CC2)CC1C.I. The number of hydrogen-bond donors (Lipinski definition) is 2. The molecule has 7 nitrogen and oxygen atoms in total. The number of hydrogen-bond acceptors (Lipinski definition) is 4. The van der Waals surface area contributed by atoms with Gasteiger partial charge in [0.25, 0.3) is 0 Å². The fraction of sp³-hybridized carbons (Fsp3) is 0.800. The topological polar surface area (TPSA) is 70.4 Å². The lowest BCUT2D eigenvalue weighted by Gasteiger charge is -2.20. The molecule has 2 unspecified atom stereocenters. The van der Waals surface area contributed by atoms with Crippen molar-refractivity contribution in [1.82, 2.24) is 30.3 Å². The van der Waals surface area contributed by atoms with E-state index in [2.05, 4.69) is 44.6 Å². The maximum atomic E-state index is 4.34. The van der Waals surface area contributed by atoms with Crippen molar-refractivity contribution in [2.24, 2.45) is 10.9 Å². The summed E-state index contributed by atoms with van der Waals surface area (Å²) in [7, 11) is 1.82. The van der Waals surface area contributed by atoms with Gasteiger partial charge in [-0.2, -0.15) is 0 Å². The van der Waals surface area contributed by atoms with Crippen molar-refractivity contribution in [1.29, 1.82) is 0 Å². The molecule has 2 N–H and O–H groups in total. The predicted molar refractivity (Wildman–Crippen MR) is 102 cm³/mol. The molecule has 1 saturated carbocycles. The second-order valence-electron chi connectivity index (χ2n) is 6.37. The Hall–Kier alpha value is -0.900. The maximum Gasteiger partial charge on any atom is 0.191 e. The van der Waals surface area contributed by atoms with Gasteiger partial charge in [0.05, 0.1) is 6.54 Å². The lowest BCUT2D eigenvalue weighted by Crippen LogP contribution is -2.46. The second kappa shape index (κ2) is 8.27. The molecule has 1 aliphatic heterocycles. The largest absolute Gasteiger partial charge is 0.352 e. The van der Waals surface area contributed by atoms with Gasteiger partial charge in [0, 0.05) is 38.8 Å². The van der Waals surface area contributed by atoms with Crippen molar-refractivity contribution in [3.8, 4) is 0 Å². The molecule has 0 bridgehead atoms. The fourth-order valence-electron chi connectivity index (χ4n) is 3.14. The summed E-state index contributed by atoms with van der Waals surface area (Å²) in [6, 6.07) is 1.31. The van der Waals surface area contributed by atoms with Crippen LogP contribution in [0.4, 0.5) is 0 Å². The van der Waals surface area contributed by atoms with E-state index in [-0.39, 0.29) is 24.0 Å². The quantitative estimate of drug-likeness (QED) is 0.413. The van der Waals surface area contributed by atoms with E-state index in [0.717, 1.165) is 30.9 Å². The van der Waals surface area contributed by atoms with Crippen molar-refractivity contribution in [2.45, 2.75) is 51.9 Å². The molecule has 3 rings (SSSR count). The molecule has 1 saturated heterocycles. The third-order valence-electron chi connectivity index (χ3n) is 4.70. The molecule has 0 spiro atoms. The highest BCUT2D eigenvalue weighted by molar-refractivity contribution is 14.0. The van der Waals surface area contributed by atoms with Crippen molar-refractivity contribution in [3.05, 3.63) is 12.2 Å². The number of nitrogens with one attached hydrogen (secondary N) is 2. The van der Waals surface area contributed by atoms with Gasteiger partial charge in [-0.25, -0.2) is 0 Å². The molecule has 0 aromatic carbocycles. The predicted octanol–water partition coefficient (Wildman–Crippen LogP) is 1.06. The minimum atomic E-state index is 0. The highest BCUT2D eigenvalue weighted by Gasteiger charge is 2.38. The molecule has 2 heterocycles.